The van der Waals surface area contributed by atoms with E-state index in [0.717, 1.165) is 50.9 Å². The summed E-state index contributed by atoms with van der Waals surface area (Å²) >= 11 is 0. The van der Waals surface area contributed by atoms with Gasteiger partial charge in [-0.3, -0.25) is 28.8 Å². The van der Waals surface area contributed by atoms with Crippen molar-refractivity contribution >= 4 is 47.3 Å². The molecule has 230 valence electrons. The summed E-state index contributed by atoms with van der Waals surface area (Å²) in [7, 11) is 0. The van der Waals surface area contributed by atoms with E-state index in [2.05, 4.69) is 10.4 Å². The molecule has 1 aromatic rings. The molecule has 1 heterocycles. The van der Waals surface area contributed by atoms with Gasteiger partial charge in [0.25, 0.3) is 0 Å². The van der Waals surface area contributed by atoms with E-state index in [1.807, 2.05) is 31.2 Å². The molecule has 0 saturated carbocycles. The van der Waals surface area contributed by atoms with Crippen LogP contribution in [0.2, 0.25) is 0 Å². The zero-order valence-electron chi connectivity index (χ0n) is 24.4. The molecule has 0 aromatic heterocycles. The van der Waals surface area contributed by atoms with Crippen LogP contribution in [0.3, 0.4) is 0 Å². The van der Waals surface area contributed by atoms with Gasteiger partial charge in [-0.05, 0) is 19.1 Å². The van der Waals surface area contributed by atoms with Crippen molar-refractivity contribution < 1.29 is 57.2 Å². The number of amides is 1. The third-order valence-electron chi connectivity index (χ3n) is 5.50. The number of hydrogen-bond donors (Lipinski definition) is 1. The second-order valence-electron chi connectivity index (χ2n) is 9.26. The minimum absolute atomic E-state index is 0.00423. The SMILES string of the molecule is CC(=O)OC[C@@H](OC(C)=O)[C@@H](OC(C)=O)[C@H](OC(C)=O)[C@H](OC(C)=O)C1OC(CNc2ccc(C)cc2)=NN1C(C)=O. The van der Waals surface area contributed by atoms with Crippen molar-refractivity contribution in [3.8, 4) is 0 Å². The summed E-state index contributed by atoms with van der Waals surface area (Å²) in [6, 6.07) is 7.42. The maximum atomic E-state index is 12.6. The van der Waals surface area contributed by atoms with E-state index in [0.29, 0.717) is 0 Å². The average molecular weight is 594 g/mol. The lowest BCUT2D eigenvalue weighted by Gasteiger charge is -2.37. The Kier molecular flexibility index (Phi) is 12.2. The molecule has 0 bridgehead atoms. The topological polar surface area (TPSA) is 185 Å². The zero-order chi connectivity index (χ0) is 31.6. The van der Waals surface area contributed by atoms with Crippen molar-refractivity contribution in [1.82, 2.24) is 5.01 Å². The van der Waals surface area contributed by atoms with Crippen LogP contribution in [-0.2, 0) is 57.2 Å². The molecule has 15 nitrogen and oxygen atoms in total. The Labute approximate surface area is 242 Å². The number of aryl methyl sites for hydroxylation is 1. The molecule has 0 aliphatic carbocycles. The van der Waals surface area contributed by atoms with Crippen molar-refractivity contribution in [2.45, 2.75) is 79.1 Å². The van der Waals surface area contributed by atoms with Crippen LogP contribution in [0.1, 0.15) is 47.1 Å². The van der Waals surface area contributed by atoms with E-state index in [9.17, 15) is 28.8 Å². The smallest absolute Gasteiger partial charge is 0.303 e. The number of benzene rings is 1. The lowest BCUT2D eigenvalue weighted by molar-refractivity contribution is -0.216. The van der Waals surface area contributed by atoms with Gasteiger partial charge in [-0.15, -0.1) is 5.10 Å². The summed E-state index contributed by atoms with van der Waals surface area (Å²) in [6.07, 6.45) is -8.19. The Morgan fingerprint density at radius 1 is 0.810 bits per heavy atom. The number of esters is 5. The van der Waals surface area contributed by atoms with Gasteiger partial charge in [0, 0.05) is 47.2 Å². The molecule has 2 rings (SSSR count). The highest BCUT2D eigenvalue weighted by molar-refractivity contribution is 5.85. The van der Waals surface area contributed by atoms with Crippen molar-refractivity contribution in [3.63, 3.8) is 0 Å². The molecule has 1 unspecified atom stereocenters. The highest BCUT2D eigenvalue weighted by Gasteiger charge is 2.51. The summed E-state index contributed by atoms with van der Waals surface area (Å²) in [6.45, 7) is 7.74. The summed E-state index contributed by atoms with van der Waals surface area (Å²) in [5.74, 6) is -4.95. The van der Waals surface area contributed by atoms with Crippen LogP contribution in [-0.4, -0.2) is 90.5 Å². The van der Waals surface area contributed by atoms with Gasteiger partial charge in [0.1, 0.15) is 6.61 Å². The molecule has 1 aromatic carbocycles. The Bertz CT molecular complexity index is 1200. The third-order valence-corrected chi connectivity index (χ3v) is 5.50. The summed E-state index contributed by atoms with van der Waals surface area (Å²) in [5, 5.41) is 8.14. The predicted octanol–water partition coefficient (Wildman–Crippen LogP) is 1.22. The van der Waals surface area contributed by atoms with Crippen LogP contribution in [0.4, 0.5) is 5.69 Å². The fourth-order valence-electron chi connectivity index (χ4n) is 3.92. The second kappa shape index (κ2) is 15.3. The van der Waals surface area contributed by atoms with E-state index >= 15 is 0 Å². The number of hydrogen-bond acceptors (Lipinski definition) is 14. The van der Waals surface area contributed by atoms with Gasteiger partial charge in [0.15, 0.2) is 24.4 Å². The van der Waals surface area contributed by atoms with Crippen LogP contribution in [0.25, 0.3) is 0 Å². The Morgan fingerprint density at radius 2 is 1.36 bits per heavy atom. The van der Waals surface area contributed by atoms with Crippen molar-refractivity contribution in [3.05, 3.63) is 29.8 Å². The molecule has 1 N–H and O–H groups in total. The van der Waals surface area contributed by atoms with E-state index in [4.69, 9.17) is 28.4 Å². The second-order valence-corrected chi connectivity index (χ2v) is 9.26. The summed E-state index contributed by atoms with van der Waals surface area (Å²) in [5.41, 5.74) is 1.77. The maximum absolute atomic E-state index is 12.6. The first-order chi connectivity index (χ1) is 19.7. The minimum Gasteiger partial charge on any atom is -0.462 e. The van der Waals surface area contributed by atoms with E-state index < -0.39 is 73.0 Å². The third kappa shape index (κ3) is 10.4. The normalized spacial score (nSPS) is 16.9. The van der Waals surface area contributed by atoms with Crippen LogP contribution in [0.5, 0.6) is 0 Å². The predicted molar refractivity (Wildman–Crippen MR) is 143 cm³/mol. The number of anilines is 1. The number of nitrogens with one attached hydrogen (secondary N) is 1. The molecule has 5 atom stereocenters. The molecule has 42 heavy (non-hydrogen) atoms. The van der Waals surface area contributed by atoms with Crippen molar-refractivity contribution in [1.29, 1.82) is 0 Å². The highest BCUT2D eigenvalue weighted by atomic mass is 16.6. The van der Waals surface area contributed by atoms with Gasteiger partial charge in [-0.2, -0.15) is 5.01 Å². The molecule has 1 aliphatic heterocycles. The Balaban J connectivity index is 2.53. The highest BCUT2D eigenvalue weighted by Crippen LogP contribution is 2.28. The van der Waals surface area contributed by atoms with Gasteiger partial charge in [-0.25, -0.2) is 0 Å². The summed E-state index contributed by atoms with van der Waals surface area (Å²) < 4.78 is 32.5. The van der Waals surface area contributed by atoms with Gasteiger partial charge in [0.05, 0.1) is 6.54 Å². The monoisotopic (exact) mass is 593 g/mol. The molecule has 15 heteroatoms. The number of carbonyl (C=O) groups is 6. The molecule has 0 radical (unpaired) electrons. The molecule has 0 spiro atoms. The number of hydrazone groups is 1. The van der Waals surface area contributed by atoms with Gasteiger partial charge < -0.3 is 33.7 Å². The largest absolute Gasteiger partial charge is 0.462 e. The standard InChI is InChI=1S/C27H35N3O12/c1-14-8-10-21(11-9-14)28-12-23-29-30(15(2)31)27(42-23)26(41-20(7)36)25(40-19(6)35)24(39-18(5)34)22(38-17(4)33)13-37-16(3)32/h8-11,22,24-28H,12-13H2,1-7H3/t22-,24-,25+,26+,27?/m1/s1. The lowest BCUT2D eigenvalue weighted by Crippen LogP contribution is -2.59. The first kappa shape index (κ1) is 33.5. The molecule has 1 amide bonds. The first-order valence-corrected chi connectivity index (χ1v) is 12.8. The van der Waals surface area contributed by atoms with Gasteiger partial charge >= 0.3 is 29.8 Å². The molecule has 1 aliphatic rings. The molecular weight excluding hydrogens is 558 g/mol. The number of rotatable bonds is 13. The van der Waals surface area contributed by atoms with E-state index in [1.165, 1.54) is 6.92 Å². The van der Waals surface area contributed by atoms with Crippen LogP contribution >= 0.6 is 0 Å². The number of ether oxygens (including phenoxy) is 6. The minimum atomic E-state index is -1.75. The van der Waals surface area contributed by atoms with Gasteiger partial charge in [-0.1, -0.05) is 17.7 Å². The lowest BCUT2D eigenvalue weighted by atomic mass is 10.00. The number of carbonyl (C=O) groups excluding carboxylic acids is 6. The van der Waals surface area contributed by atoms with E-state index in [-0.39, 0.29) is 12.4 Å². The fourth-order valence-corrected chi connectivity index (χ4v) is 3.92. The number of nitrogens with zero attached hydrogens (tertiary/aromatic N) is 2. The quantitative estimate of drug-likeness (QED) is 0.254. The average Bonchev–Trinajstić information content (AvgIpc) is 3.31. The first-order valence-electron chi connectivity index (χ1n) is 12.8. The van der Waals surface area contributed by atoms with Gasteiger partial charge in [0.2, 0.25) is 18.0 Å². The van der Waals surface area contributed by atoms with Crippen LogP contribution < -0.4 is 5.32 Å². The van der Waals surface area contributed by atoms with E-state index in [1.54, 1.807) is 0 Å². The molecule has 0 saturated heterocycles. The molecule has 0 fully saturated rings. The zero-order valence-corrected chi connectivity index (χ0v) is 24.4. The van der Waals surface area contributed by atoms with Crippen LogP contribution in [0, 0.1) is 6.92 Å². The van der Waals surface area contributed by atoms with Crippen molar-refractivity contribution in [2.75, 3.05) is 18.5 Å². The van der Waals surface area contributed by atoms with Crippen LogP contribution in [0.15, 0.2) is 29.4 Å². The summed E-state index contributed by atoms with van der Waals surface area (Å²) in [4.78, 5) is 72.8. The maximum Gasteiger partial charge on any atom is 0.303 e. The Hall–Kier alpha value is -4.69. The molecular formula is C27H35N3O12. The fraction of sp³-hybridized carbons (Fsp3) is 0.519. The van der Waals surface area contributed by atoms with Crippen molar-refractivity contribution in [2.24, 2.45) is 5.10 Å². The Morgan fingerprint density at radius 3 is 1.86 bits per heavy atom.